The zero-order valence-corrected chi connectivity index (χ0v) is 8.71. The zero-order valence-electron chi connectivity index (χ0n) is 4.40. The van der Waals surface area contributed by atoms with Crippen LogP contribution in [0.4, 0.5) is 0 Å². The molecule has 9 heavy (non-hydrogen) atoms. The summed E-state index contributed by atoms with van der Waals surface area (Å²) in [5.74, 6) is 0.0832. The third-order valence-electron chi connectivity index (χ3n) is 0.891. The Bertz CT molecular complexity index is 222. The Morgan fingerprint density at radius 1 is 1.11 bits per heavy atom. The Hall–Kier alpha value is 0.480. The van der Waals surface area contributed by atoms with Gasteiger partial charge in [0, 0.05) is 7.14 Å². The van der Waals surface area contributed by atoms with E-state index in [1.165, 1.54) is 0 Å². The van der Waals surface area contributed by atoms with Crippen LogP contribution in [0.25, 0.3) is 0 Å². The molecule has 0 N–H and O–H groups in total. The third-order valence-corrected chi connectivity index (χ3v) is 3.76. The van der Waals surface area contributed by atoms with Crippen LogP contribution in [0.1, 0.15) is 0 Å². The van der Waals surface area contributed by atoms with Gasteiger partial charge in [0.1, 0.15) is 0 Å². The molecular weight excluding hydrogens is 342 g/mol. The lowest BCUT2D eigenvalue weighted by Gasteiger charge is -2.04. The Balaban J connectivity index is 3.17. The largest absolute Gasteiger partial charge is 0.872 e. The van der Waals surface area contributed by atoms with Crippen LogP contribution in [0.3, 0.4) is 0 Å². The fourth-order valence-corrected chi connectivity index (χ4v) is 1.30. The Morgan fingerprint density at radius 2 is 1.78 bits per heavy atom. The molecule has 0 unspecified atom stereocenters. The van der Waals surface area contributed by atoms with Crippen molar-refractivity contribution in [3.63, 3.8) is 0 Å². The van der Waals surface area contributed by atoms with Gasteiger partial charge in [0.25, 0.3) is 0 Å². The molecule has 0 bridgehead atoms. The second-order valence-electron chi connectivity index (χ2n) is 1.58. The first-order valence-electron chi connectivity index (χ1n) is 2.32. The van der Waals surface area contributed by atoms with Crippen molar-refractivity contribution in [3.8, 4) is 5.75 Å². The van der Waals surface area contributed by atoms with Crippen molar-refractivity contribution in [3.05, 3.63) is 25.3 Å². The van der Waals surface area contributed by atoms with Gasteiger partial charge in [-0.1, -0.05) is 12.1 Å². The first kappa shape index (κ1) is 7.59. The first-order chi connectivity index (χ1) is 4.20. The molecule has 1 aromatic carbocycles. The number of halogens is 2. The highest BCUT2D eigenvalue weighted by molar-refractivity contribution is 14.1. The average Bonchev–Trinajstić information content (AvgIpc) is 1.80. The lowest BCUT2D eigenvalue weighted by atomic mass is 10.3. The predicted molar refractivity (Wildman–Crippen MR) is 51.3 cm³/mol. The molecule has 48 valence electrons. The molecule has 0 aromatic heterocycles. The molecule has 0 saturated heterocycles. The molecule has 0 aliphatic heterocycles. The van der Waals surface area contributed by atoms with Gasteiger partial charge in [0.05, 0.1) is 0 Å². The quantitative estimate of drug-likeness (QED) is 0.660. The monoisotopic (exact) mass is 345 g/mol. The highest BCUT2D eigenvalue weighted by atomic mass is 127. The van der Waals surface area contributed by atoms with Gasteiger partial charge in [-0.25, -0.2) is 0 Å². The molecule has 0 atom stereocenters. The topological polar surface area (TPSA) is 23.1 Å². The SMILES string of the molecule is [O-]c1ccc(I)c(I)c1. The van der Waals surface area contributed by atoms with Crippen molar-refractivity contribution < 1.29 is 5.11 Å². The van der Waals surface area contributed by atoms with E-state index in [1.54, 1.807) is 12.1 Å². The molecule has 0 heterocycles. The summed E-state index contributed by atoms with van der Waals surface area (Å²) in [4.78, 5) is 0. The molecule has 0 saturated carbocycles. The zero-order chi connectivity index (χ0) is 6.85. The lowest BCUT2D eigenvalue weighted by molar-refractivity contribution is -0.268. The van der Waals surface area contributed by atoms with E-state index in [-0.39, 0.29) is 5.75 Å². The number of benzene rings is 1. The van der Waals surface area contributed by atoms with Crippen molar-refractivity contribution in [2.75, 3.05) is 0 Å². The lowest BCUT2D eigenvalue weighted by Crippen LogP contribution is -1.90. The summed E-state index contributed by atoms with van der Waals surface area (Å²) in [6.07, 6.45) is 0. The molecule has 1 aromatic rings. The molecule has 0 aliphatic rings. The number of hydrogen-bond donors (Lipinski definition) is 0. The van der Waals surface area contributed by atoms with Gasteiger partial charge in [-0.3, -0.25) is 0 Å². The second kappa shape index (κ2) is 3.05. The van der Waals surface area contributed by atoms with Gasteiger partial charge in [0.2, 0.25) is 0 Å². The van der Waals surface area contributed by atoms with Crippen LogP contribution in [-0.4, -0.2) is 0 Å². The first-order valence-corrected chi connectivity index (χ1v) is 4.48. The van der Waals surface area contributed by atoms with Crippen LogP contribution in [-0.2, 0) is 0 Å². The summed E-state index contributed by atoms with van der Waals surface area (Å²) in [5.41, 5.74) is 0. The molecular formula is C6H3I2O-. The van der Waals surface area contributed by atoms with Gasteiger partial charge < -0.3 is 5.11 Å². The van der Waals surface area contributed by atoms with E-state index in [9.17, 15) is 5.11 Å². The molecule has 1 rings (SSSR count). The predicted octanol–water partition coefficient (Wildman–Crippen LogP) is 1.97. The minimum atomic E-state index is 0.0832. The normalized spacial score (nSPS) is 9.56. The molecule has 0 spiro atoms. The summed E-state index contributed by atoms with van der Waals surface area (Å²) in [7, 11) is 0. The Labute approximate surface area is 80.7 Å². The van der Waals surface area contributed by atoms with Crippen LogP contribution < -0.4 is 5.11 Å². The van der Waals surface area contributed by atoms with E-state index in [0.29, 0.717) is 0 Å². The highest BCUT2D eigenvalue weighted by Crippen LogP contribution is 2.17. The third kappa shape index (κ3) is 1.96. The maximum absolute atomic E-state index is 10.6. The van der Waals surface area contributed by atoms with Crippen LogP contribution >= 0.6 is 45.2 Å². The molecule has 0 aliphatic carbocycles. The van der Waals surface area contributed by atoms with Crippen molar-refractivity contribution in [1.29, 1.82) is 0 Å². The summed E-state index contributed by atoms with van der Waals surface area (Å²) in [6, 6.07) is 5.02. The highest BCUT2D eigenvalue weighted by Gasteiger charge is 1.90. The van der Waals surface area contributed by atoms with Gasteiger partial charge in [-0.2, -0.15) is 0 Å². The summed E-state index contributed by atoms with van der Waals surface area (Å²) in [5, 5.41) is 10.6. The van der Waals surface area contributed by atoms with Gasteiger partial charge in [-0.05, 0) is 51.2 Å². The van der Waals surface area contributed by atoms with Crippen LogP contribution in [0.15, 0.2) is 18.2 Å². The summed E-state index contributed by atoms with van der Waals surface area (Å²) in [6.45, 7) is 0. The fraction of sp³-hybridized carbons (Fsp3) is 0. The molecule has 0 radical (unpaired) electrons. The van der Waals surface area contributed by atoms with Crippen LogP contribution in [0.2, 0.25) is 0 Å². The van der Waals surface area contributed by atoms with Crippen LogP contribution in [0.5, 0.6) is 5.75 Å². The summed E-state index contributed by atoms with van der Waals surface area (Å²) >= 11 is 4.34. The summed E-state index contributed by atoms with van der Waals surface area (Å²) < 4.78 is 2.16. The van der Waals surface area contributed by atoms with E-state index < -0.39 is 0 Å². The van der Waals surface area contributed by atoms with Crippen LogP contribution in [0, 0.1) is 7.14 Å². The smallest absolute Gasteiger partial charge is 0.0263 e. The number of hydrogen-bond acceptors (Lipinski definition) is 1. The molecule has 0 fully saturated rings. The van der Waals surface area contributed by atoms with Crippen molar-refractivity contribution in [1.82, 2.24) is 0 Å². The molecule has 0 amide bonds. The van der Waals surface area contributed by atoms with Crippen molar-refractivity contribution in [2.45, 2.75) is 0 Å². The average molecular weight is 345 g/mol. The second-order valence-corrected chi connectivity index (χ2v) is 3.90. The van der Waals surface area contributed by atoms with E-state index >= 15 is 0 Å². The van der Waals surface area contributed by atoms with E-state index in [4.69, 9.17) is 0 Å². The van der Waals surface area contributed by atoms with E-state index in [1.807, 2.05) is 6.07 Å². The number of rotatable bonds is 0. The van der Waals surface area contributed by atoms with Gasteiger partial charge in [0.15, 0.2) is 0 Å². The van der Waals surface area contributed by atoms with Crippen molar-refractivity contribution in [2.24, 2.45) is 0 Å². The molecule has 1 nitrogen and oxygen atoms in total. The van der Waals surface area contributed by atoms with Gasteiger partial charge >= 0.3 is 0 Å². The fourth-order valence-electron chi connectivity index (χ4n) is 0.477. The molecule has 3 heteroatoms. The minimum absolute atomic E-state index is 0.0832. The van der Waals surface area contributed by atoms with Gasteiger partial charge in [-0.15, -0.1) is 5.75 Å². The van der Waals surface area contributed by atoms with Crippen molar-refractivity contribution >= 4 is 45.2 Å². The Morgan fingerprint density at radius 3 is 2.22 bits per heavy atom. The van der Waals surface area contributed by atoms with E-state index in [2.05, 4.69) is 45.2 Å². The standard InChI is InChI=1S/C6H4I2O/c7-5-2-1-4(9)3-6(5)8/h1-3,9H/p-1. The Kier molecular flexibility index (Phi) is 2.57. The maximum Gasteiger partial charge on any atom is 0.0263 e. The maximum atomic E-state index is 10.6. The van der Waals surface area contributed by atoms with E-state index in [0.717, 1.165) is 7.14 Å². The minimum Gasteiger partial charge on any atom is -0.872 e.